The van der Waals surface area contributed by atoms with Crippen LogP contribution in [0.15, 0.2) is 70.4 Å². The van der Waals surface area contributed by atoms with Crippen molar-refractivity contribution in [2.75, 3.05) is 13.1 Å². The van der Waals surface area contributed by atoms with E-state index in [0.717, 1.165) is 6.42 Å². The van der Waals surface area contributed by atoms with Gasteiger partial charge in [-0.15, -0.1) is 0 Å². The van der Waals surface area contributed by atoms with Gasteiger partial charge in [0.1, 0.15) is 11.9 Å². The van der Waals surface area contributed by atoms with Crippen LogP contribution >= 0.6 is 0 Å². The van der Waals surface area contributed by atoms with Gasteiger partial charge in [0.25, 0.3) is 5.56 Å². The van der Waals surface area contributed by atoms with Crippen molar-refractivity contribution in [3.63, 3.8) is 0 Å². The Labute approximate surface area is 185 Å². The van der Waals surface area contributed by atoms with Gasteiger partial charge < -0.3 is 4.57 Å². The highest BCUT2D eigenvalue weighted by atomic mass is 32.2. The van der Waals surface area contributed by atoms with Gasteiger partial charge in [-0.2, -0.15) is 9.57 Å². The first kappa shape index (κ1) is 20.6. The molecule has 0 N–H and O–H groups in total. The van der Waals surface area contributed by atoms with E-state index in [1.54, 1.807) is 41.0 Å². The summed E-state index contributed by atoms with van der Waals surface area (Å²) in [7, 11) is -3.90. The standard InChI is InChI=1S/C24H20FN3O3S/c25-21-7-3-2-6-19(21)20-9-10-23(29)28-14-16-11-18(24(20)28)15-27(13-16)32(30,31)22-8-4-1-5-17(22)12-26/h1-10,16,18H,11,13-15H2. The number of pyridine rings is 1. The van der Waals surface area contributed by atoms with Gasteiger partial charge in [0.15, 0.2) is 0 Å². The van der Waals surface area contributed by atoms with Crippen LogP contribution in [0.4, 0.5) is 4.39 Å². The zero-order valence-corrected chi connectivity index (χ0v) is 17.9. The molecule has 162 valence electrons. The Morgan fingerprint density at radius 1 is 0.938 bits per heavy atom. The molecule has 8 heteroatoms. The molecule has 1 fully saturated rings. The summed E-state index contributed by atoms with van der Waals surface area (Å²) in [5.74, 6) is -0.687. The van der Waals surface area contributed by atoms with Crippen molar-refractivity contribution >= 4 is 10.0 Å². The maximum Gasteiger partial charge on any atom is 0.250 e. The van der Waals surface area contributed by atoms with Gasteiger partial charge in [0, 0.05) is 48.4 Å². The second kappa shape index (κ2) is 7.69. The van der Waals surface area contributed by atoms with E-state index in [1.807, 2.05) is 6.07 Å². The minimum absolute atomic E-state index is 0.0118. The molecule has 3 heterocycles. The lowest BCUT2D eigenvalue weighted by molar-refractivity contribution is 0.187. The Balaban J connectivity index is 1.61. The molecule has 1 aromatic heterocycles. The maximum absolute atomic E-state index is 14.6. The minimum atomic E-state index is -3.90. The van der Waals surface area contributed by atoms with Crippen LogP contribution in [0.1, 0.15) is 23.6 Å². The number of nitriles is 1. The average Bonchev–Trinajstić information content (AvgIpc) is 2.80. The molecule has 0 amide bonds. The Hall–Kier alpha value is -3.28. The first-order valence-corrected chi connectivity index (χ1v) is 11.8. The Kier molecular flexibility index (Phi) is 4.96. The van der Waals surface area contributed by atoms with Crippen molar-refractivity contribution in [1.82, 2.24) is 8.87 Å². The van der Waals surface area contributed by atoms with Crippen molar-refractivity contribution in [1.29, 1.82) is 5.26 Å². The second-order valence-electron chi connectivity index (χ2n) is 8.29. The van der Waals surface area contributed by atoms with E-state index >= 15 is 0 Å². The van der Waals surface area contributed by atoms with Crippen molar-refractivity contribution in [3.8, 4) is 17.2 Å². The molecule has 3 aromatic rings. The number of hydrogen-bond donors (Lipinski definition) is 0. The van der Waals surface area contributed by atoms with Crippen molar-refractivity contribution in [2.45, 2.75) is 23.8 Å². The summed E-state index contributed by atoms with van der Waals surface area (Å²) in [4.78, 5) is 12.6. The monoisotopic (exact) mass is 449 g/mol. The fourth-order valence-electron chi connectivity index (χ4n) is 5.00. The Bertz CT molecular complexity index is 1420. The largest absolute Gasteiger partial charge is 0.311 e. The molecule has 2 bridgehead atoms. The molecule has 32 heavy (non-hydrogen) atoms. The number of sulfonamides is 1. The van der Waals surface area contributed by atoms with E-state index in [9.17, 15) is 22.9 Å². The van der Waals surface area contributed by atoms with E-state index < -0.39 is 10.0 Å². The number of fused-ring (bicyclic) bond motifs is 4. The molecule has 5 rings (SSSR count). The first-order chi connectivity index (χ1) is 15.4. The highest BCUT2D eigenvalue weighted by Crippen LogP contribution is 2.41. The summed E-state index contributed by atoms with van der Waals surface area (Å²) in [5, 5.41) is 9.38. The minimum Gasteiger partial charge on any atom is -0.311 e. The van der Waals surface area contributed by atoms with Crippen LogP contribution in [0.25, 0.3) is 11.1 Å². The lowest BCUT2D eigenvalue weighted by Gasteiger charge is -2.43. The normalized spacial score (nSPS) is 20.4. The van der Waals surface area contributed by atoms with Crippen molar-refractivity contribution < 1.29 is 12.8 Å². The Morgan fingerprint density at radius 2 is 1.69 bits per heavy atom. The molecule has 2 aliphatic heterocycles. The van der Waals surface area contributed by atoms with Crippen LogP contribution in [0.2, 0.25) is 0 Å². The molecule has 0 aliphatic carbocycles. The molecule has 6 nitrogen and oxygen atoms in total. The van der Waals surface area contributed by atoms with Gasteiger partial charge in [-0.3, -0.25) is 4.79 Å². The summed E-state index contributed by atoms with van der Waals surface area (Å²) in [6.45, 7) is 0.816. The summed E-state index contributed by atoms with van der Waals surface area (Å²) in [5.41, 5.74) is 1.62. The number of benzene rings is 2. The molecular formula is C24H20FN3O3S. The fourth-order valence-corrected chi connectivity index (χ4v) is 6.70. The van der Waals surface area contributed by atoms with E-state index in [2.05, 4.69) is 0 Å². The predicted octanol–water partition coefficient (Wildman–Crippen LogP) is 3.33. The molecule has 0 saturated carbocycles. The molecule has 2 aromatic carbocycles. The van der Waals surface area contributed by atoms with Gasteiger partial charge in [0.2, 0.25) is 10.0 Å². The number of halogens is 1. The number of piperidine rings is 1. The fraction of sp³-hybridized carbons (Fsp3) is 0.250. The highest BCUT2D eigenvalue weighted by molar-refractivity contribution is 7.89. The SMILES string of the molecule is N#Cc1ccccc1S(=O)(=O)N1CC2CC(C1)c1c(-c3ccccc3F)ccc(=O)n1C2. The topological polar surface area (TPSA) is 83.2 Å². The summed E-state index contributed by atoms with van der Waals surface area (Å²) < 4.78 is 44.6. The molecular weight excluding hydrogens is 429 g/mol. The lowest BCUT2D eigenvalue weighted by atomic mass is 9.81. The van der Waals surface area contributed by atoms with E-state index in [0.29, 0.717) is 23.4 Å². The molecule has 0 spiro atoms. The van der Waals surface area contributed by atoms with Gasteiger partial charge in [-0.05, 0) is 36.6 Å². The molecule has 2 unspecified atom stereocenters. The van der Waals surface area contributed by atoms with Crippen molar-refractivity contribution in [2.24, 2.45) is 5.92 Å². The van der Waals surface area contributed by atoms with E-state index in [-0.39, 0.29) is 46.8 Å². The third-order valence-corrected chi connectivity index (χ3v) is 8.24. The smallest absolute Gasteiger partial charge is 0.250 e. The molecule has 2 atom stereocenters. The van der Waals surface area contributed by atoms with Crippen LogP contribution in [0.3, 0.4) is 0 Å². The summed E-state index contributed by atoms with van der Waals surface area (Å²) >= 11 is 0. The third kappa shape index (κ3) is 3.25. The van der Waals surface area contributed by atoms with E-state index in [4.69, 9.17) is 0 Å². The number of aromatic nitrogens is 1. The predicted molar refractivity (Wildman–Crippen MR) is 117 cm³/mol. The van der Waals surface area contributed by atoms with Crippen LogP contribution in [0, 0.1) is 23.1 Å². The molecule has 2 aliphatic rings. The third-order valence-electron chi connectivity index (χ3n) is 6.35. The Morgan fingerprint density at radius 3 is 2.47 bits per heavy atom. The average molecular weight is 450 g/mol. The molecule has 0 radical (unpaired) electrons. The summed E-state index contributed by atoms with van der Waals surface area (Å²) in [6.07, 6.45) is 0.719. The number of rotatable bonds is 3. The summed E-state index contributed by atoms with van der Waals surface area (Å²) in [6, 6.07) is 17.6. The number of hydrogen-bond acceptors (Lipinski definition) is 4. The van der Waals surface area contributed by atoms with Crippen LogP contribution in [-0.4, -0.2) is 30.4 Å². The van der Waals surface area contributed by atoms with Crippen LogP contribution in [0.5, 0.6) is 0 Å². The maximum atomic E-state index is 14.6. The van der Waals surface area contributed by atoms with Gasteiger partial charge in [0.05, 0.1) is 10.5 Å². The van der Waals surface area contributed by atoms with Crippen LogP contribution in [-0.2, 0) is 16.6 Å². The zero-order valence-electron chi connectivity index (χ0n) is 17.1. The van der Waals surface area contributed by atoms with Crippen LogP contribution < -0.4 is 5.56 Å². The van der Waals surface area contributed by atoms with Gasteiger partial charge in [-0.25, -0.2) is 12.8 Å². The van der Waals surface area contributed by atoms with E-state index in [1.165, 1.54) is 28.6 Å². The lowest BCUT2D eigenvalue weighted by Crippen LogP contribution is -2.49. The number of nitrogens with zero attached hydrogens (tertiary/aromatic N) is 3. The zero-order chi connectivity index (χ0) is 22.5. The highest BCUT2D eigenvalue weighted by Gasteiger charge is 2.41. The molecule has 1 saturated heterocycles. The van der Waals surface area contributed by atoms with Gasteiger partial charge >= 0.3 is 0 Å². The first-order valence-electron chi connectivity index (χ1n) is 10.4. The second-order valence-corrected chi connectivity index (χ2v) is 10.2. The van der Waals surface area contributed by atoms with Crippen molar-refractivity contribution in [3.05, 3.63) is 88.1 Å². The van der Waals surface area contributed by atoms with Gasteiger partial charge in [-0.1, -0.05) is 30.3 Å². The quantitative estimate of drug-likeness (QED) is 0.614.